The summed E-state index contributed by atoms with van der Waals surface area (Å²) in [5.41, 5.74) is -0.457. The largest absolute Gasteiger partial charge is 0.598 e. The molecule has 0 aliphatic carbocycles. The number of likely N-dealkylation sites (tertiary alicyclic amines) is 1. The zero-order valence-electron chi connectivity index (χ0n) is 15.8. The fourth-order valence-electron chi connectivity index (χ4n) is 2.57. The quantitative estimate of drug-likeness (QED) is 0.795. The average molecular weight is 347 g/mol. The summed E-state index contributed by atoms with van der Waals surface area (Å²) in [6.07, 6.45) is 2.68. The van der Waals surface area contributed by atoms with Crippen molar-refractivity contribution in [2.24, 2.45) is 5.92 Å². The second-order valence-electron chi connectivity index (χ2n) is 8.45. The van der Waals surface area contributed by atoms with Gasteiger partial charge in [0, 0.05) is 24.5 Å². The molecule has 0 aromatic carbocycles. The fourth-order valence-corrected chi connectivity index (χ4v) is 3.46. The zero-order chi connectivity index (χ0) is 17.8. The third-order valence-corrected chi connectivity index (χ3v) is 5.68. The third kappa shape index (κ3) is 7.31. The lowest BCUT2D eigenvalue weighted by Gasteiger charge is -2.30. The van der Waals surface area contributed by atoms with E-state index < -0.39 is 17.0 Å². The van der Waals surface area contributed by atoms with E-state index in [-0.39, 0.29) is 16.9 Å². The molecule has 0 aromatic heterocycles. The smallest absolute Gasteiger partial charge is 0.410 e. The lowest BCUT2D eigenvalue weighted by Crippen LogP contribution is -2.46. The number of carbonyl (C=O) groups excluding carboxylic acids is 1. The van der Waals surface area contributed by atoms with E-state index in [9.17, 15) is 9.35 Å². The van der Waals surface area contributed by atoms with E-state index in [1.54, 1.807) is 4.90 Å². The summed E-state index contributed by atoms with van der Waals surface area (Å²) in [7, 11) is 0. The number of nitrogens with zero attached hydrogens (tertiary/aromatic N) is 1. The molecule has 1 N–H and O–H groups in total. The van der Waals surface area contributed by atoms with Crippen LogP contribution in [0.15, 0.2) is 0 Å². The third-order valence-electron chi connectivity index (χ3n) is 3.98. The number of hydrogen-bond donors (Lipinski definition) is 1. The summed E-state index contributed by atoms with van der Waals surface area (Å²) in [6, 6.07) is 0.175. The highest BCUT2D eigenvalue weighted by Crippen LogP contribution is 2.24. The van der Waals surface area contributed by atoms with E-state index in [0.717, 1.165) is 25.8 Å². The second-order valence-corrected chi connectivity index (χ2v) is 10.4. The monoisotopic (exact) mass is 346 g/mol. The van der Waals surface area contributed by atoms with Gasteiger partial charge in [-0.3, -0.25) is 0 Å². The first kappa shape index (κ1) is 20.6. The summed E-state index contributed by atoms with van der Waals surface area (Å²) in [6.45, 7) is 15.1. The maximum Gasteiger partial charge on any atom is 0.410 e. The highest BCUT2D eigenvalue weighted by molar-refractivity contribution is 7.90. The molecular formula is C17H34N2O3S. The van der Waals surface area contributed by atoms with Crippen molar-refractivity contribution in [2.75, 3.05) is 13.1 Å². The molecule has 0 saturated carbocycles. The molecule has 1 aliphatic heterocycles. The number of hydrogen-bond acceptors (Lipinski definition) is 4. The van der Waals surface area contributed by atoms with E-state index >= 15 is 0 Å². The van der Waals surface area contributed by atoms with Crippen molar-refractivity contribution in [1.29, 1.82) is 0 Å². The fraction of sp³-hybridized carbons (Fsp3) is 0.941. The average Bonchev–Trinajstić information content (AvgIpc) is 2.61. The van der Waals surface area contributed by atoms with Crippen molar-refractivity contribution < 1.29 is 14.1 Å². The van der Waals surface area contributed by atoms with Crippen molar-refractivity contribution in [3.05, 3.63) is 0 Å². The Kier molecular flexibility index (Phi) is 7.23. The van der Waals surface area contributed by atoms with Crippen molar-refractivity contribution in [1.82, 2.24) is 9.62 Å². The molecule has 136 valence electrons. The molecule has 0 radical (unpaired) electrons. The van der Waals surface area contributed by atoms with Crippen LogP contribution in [0, 0.1) is 5.92 Å². The van der Waals surface area contributed by atoms with Gasteiger partial charge in [0.25, 0.3) is 0 Å². The molecule has 1 heterocycles. The predicted molar refractivity (Wildman–Crippen MR) is 95.6 cm³/mol. The molecule has 0 spiro atoms. The molecule has 0 bridgehead atoms. The maximum atomic E-state index is 12.2. The molecule has 1 amide bonds. The number of carbonyl (C=O) groups is 1. The molecule has 1 fully saturated rings. The maximum absolute atomic E-state index is 12.2. The Hall–Kier alpha value is -0.460. The van der Waals surface area contributed by atoms with Crippen LogP contribution in [0.3, 0.4) is 0 Å². The van der Waals surface area contributed by atoms with Crippen LogP contribution >= 0.6 is 0 Å². The molecule has 1 saturated heterocycles. The van der Waals surface area contributed by atoms with Crippen LogP contribution in [0.2, 0.25) is 0 Å². The Morgan fingerprint density at radius 2 is 1.83 bits per heavy atom. The Balaban J connectivity index is 2.53. The second kappa shape index (κ2) is 8.08. The minimum Gasteiger partial charge on any atom is -0.598 e. The van der Waals surface area contributed by atoms with Gasteiger partial charge in [-0.2, -0.15) is 0 Å². The van der Waals surface area contributed by atoms with Gasteiger partial charge in [0.1, 0.15) is 10.3 Å². The van der Waals surface area contributed by atoms with Crippen molar-refractivity contribution in [2.45, 2.75) is 84.1 Å². The van der Waals surface area contributed by atoms with Gasteiger partial charge in [0.2, 0.25) is 0 Å². The minimum atomic E-state index is -1.06. The highest BCUT2D eigenvalue weighted by Gasteiger charge is 2.32. The number of amides is 1. The number of ether oxygens (including phenoxy) is 1. The standard InChI is InChI=1S/C17H34N2O3S/c1-13(18-23(21)17(5,6)7)14-9-8-11-19(12-10-14)15(20)22-16(2,3)4/h13-14,18H,8-12H2,1-7H3/t13-,14?,23+/m0/s1. The van der Waals surface area contributed by atoms with Crippen molar-refractivity contribution in [3.8, 4) is 0 Å². The van der Waals surface area contributed by atoms with Crippen LogP contribution in [0.4, 0.5) is 4.79 Å². The van der Waals surface area contributed by atoms with Crippen molar-refractivity contribution >= 4 is 17.5 Å². The molecular weight excluding hydrogens is 312 g/mol. The van der Waals surface area contributed by atoms with E-state index in [4.69, 9.17) is 4.74 Å². The summed E-state index contributed by atoms with van der Waals surface area (Å²) in [5, 5.41) is 0. The Morgan fingerprint density at radius 1 is 1.22 bits per heavy atom. The summed E-state index contributed by atoms with van der Waals surface area (Å²) >= 11 is -1.06. The molecule has 23 heavy (non-hydrogen) atoms. The molecule has 3 atom stereocenters. The zero-order valence-corrected chi connectivity index (χ0v) is 16.6. The van der Waals surface area contributed by atoms with Crippen LogP contribution in [-0.2, 0) is 16.1 Å². The minimum absolute atomic E-state index is 0.175. The van der Waals surface area contributed by atoms with Crippen LogP contribution in [-0.4, -0.2) is 45.0 Å². The van der Waals surface area contributed by atoms with Gasteiger partial charge in [0.05, 0.1) is 6.04 Å². The molecule has 1 rings (SSSR count). The molecule has 1 aliphatic rings. The van der Waals surface area contributed by atoms with Crippen LogP contribution in [0.1, 0.15) is 67.7 Å². The molecule has 5 nitrogen and oxygen atoms in total. The number of rotatable bonds is 3. The van der Waals surface area contributed by atoms with E-state index in [1.165, 1.54) is 0 Å². The molecule has 1 unspecified atom stereocenters. The number of nitrogens with one attached hydrogen (secondary N) is 1. The van der Waals surface area contributed by atoms with Gasteiger partial charge in [0.15, 0.2) is 0 Å². The lowest BCUT2D eigenvalue weighted by atomic mass is 9.94. The Morgan fingerprint density at radius 3 is 2.35 bits per heavy atom. The topological polar surface area (TPSA) is 64.6 Å². The predicted octanol–water partition coefficient (Wildman–Crippen LogP) is 3.46. The summed E-state index contributed by atoms with van der Waals surface area (Å²) < 4.78 is 20.7. The first-order chi connectivity index (χ1) is 10.4. The normalized spacial score (nSPS) is 23.1. The first-order valence-corrected chi connectivity index (χ1v) is 9.71. The van der Waals surface area contributed by atoms with Crippen LogP contribution in [0.25, 0.3) is 0 Å². The first-order valence-electron chi connectivity index (χ1n) is 8.56. The van der Waals surface area contributed by atoms with Crippen LogP contribution in [0.5, 0.6) is 0 Å². The molecule has 0 aromatic rings. The van der Waals surface area contributed by atoms with Crippen LogP contribution < -0.4 is 4.72 Å². The van der Waals surface area contributed by atoms with Gasteiger partial charge in [-0.1, -0.05) is 0 Å². The van der Waals surface area contributed by atoms with Gasteiger partial charge in [-0.05, 0) is 73.6 Å². The van der Waals surface area contributed by atoms with E-state index in [0.29, 0.717) is 12.5 Å². The van der Waals surface area contributed by atoms with Gasteiger partial charge >= 0.3 is 6.09 Å². The highest BCUT2D eigenvalue weighted by atomic mass is 32.2. The van der Waals surface area contributed by atoms with Gasteiger partial charge in [-0.25, -0.2) is 4.79 Å². The van der Waals surface area contributed by atoms with E-state index in [1.807, 2.05) is 41.5 Å². The van der Waals surface area contributed by atoms with Gasteiger partial charge in [-0.15, -0.1) is 4.72 Å². The van der Waals surface area contributed by atoms with Gasteiger partial charge < -0.3 is 14.2 Å². The van der Waals surface area contributed by atoms with E-state index in [2.05, 4.69) is 11.6 Å². The Bertz CT molecular complexity index is 390. The van der Waals surface area contributed by atoms with Crippen molar-refractivity contribution in [3.63, 3.8) is 0 Å². The Labute approximate surface area is 144 Å². The summed E-state index contributed by atoms with van der Waals surface area (Å²) in [4.78, 5) is 14.0. The summed E-state index contributed by atoms with van der Waals surface area (Å²) in [5.74, 6) is 0.425. The SMILES string of the molecule is C[C@H](N[S@+]([O-])C(C)(C)C)C1CCCN(C(=O)OC(C)(C)C)CC1. The lowest BCUT2D eigenvalue weighted by molar-refractivity contribution is 0.0254. The molecule has 6 heteroatoms.